The van der Waals surface area contributed by atoms with Crippen molar-refractivity contribution in [3.05, 3.63) is 0 Å². The number of carbonyl (C=O) groups excluding carboxylic acids is 1. The number of amides is 1. The van der Waals surface area contributed by atoms with Crippen molar-refractivity contribution in [3.8, 4) is 0 Å². The van der Waals surface area contributed by atoms with Crippen LogP contribution >= 0.6 is 11.8 Å². The van der Waals surface area contributed by atoms with E-state index < -0.39 is 34.8 Å². The first-order valence-electron chi connectivity index (χ1n) is 5.58. The van der Waals surface area contributed by atoms with Crippen molar-refractivity contribution in [1.29, 1.82) is 0 Å². The highest BCUT2D eigenvalue weighted by atomic mass is 32.2. The number of hydroxylamine groups is 1. The summed E-state index contributed by atoms with van der Waals surface area (Å²) in [6, 6.07) is -1.17. The van der Waals surface area contributed by atoms with E-state index in [1.807, 2.05) is 0 Å². The van der Waals surface area contributed by atoms with Crippen LogP contribution in [-0.2, 0) is 19.7 Å². The van der Waals surface area contributed by atoms with E-state index in [0.717, 1.165) is 0 Å². The maximum Gasteiger partial charge on any atom is 0.414 e. The zero-order valence-electron chi connectivity index (χ0n) is 11.0. The Morgan fingerprint density at radius 2 is 2.00 bits per heavy atom. The summed E-state index contributed by atoms with van der Waals surface area (Å²) in [4.78, 5) is 15.6. The molecule has 0 radical (unpaired) electrons. The van der Waals surface area contributed by atoms with E-state index in [0.29, 0.717) is 5.75 Å². The fourth-order valence-corrected chi connectivity index (χ4v) is 2.34. The summed E-state index contributed by atoms with van der Waals surface area (Å²) in [6.45, 7) is -0.263. The first-order valence-corrected chi connectivity index (χ1v) is 8.63. The van der Waals surface area contributed by atoms with Crippen LogP contribution in [0.25, 0.3) is 0 Å². The van der Waals surface area contributed by atoms with E-state index in [1.54, 1.807) is 11.7 Å². The molecule has 120 valence electrons. The predicted octanol–water partition coefficient (Wildman–Crippen LogP) is 0.657. The Hall–Kier alpha value is -0.520. The van der Waals surface area contributed by atoms with Crippen LogP contribution in [0.4, 0.5) is 13.2 Å². The molecule has 0 spiro atoms. The van der Waals surface area contributed by atoms with Gasteiger partial charge in [0, 0.05) is 0 Å². The lowest BCUT2D eigenvalue weighted by Gasteiger charge is -2.17. The fourth-order valence-electron chi connectivity index (χ4n) is 1.04. The van der Waals surface area contributed by atoms with Gasteiger partial charge in [-0.1, -0.05) is 0 Å². The Labute approximate surface area is 119 Å². The molecule has 0 rings (SSSR count). The van der Waals surface area contributed by atoms with E-state index in [2.05, 4.69) is 9.56 Å². The standard InChI is InChI=1S/C9H17F3N2O4S2/c1-3-20(16,17)14-7(4-5-19-2)8(15)13-18-6-9(10,11)12/h7,14H,3-6H2,1-2H3,(H,13,15). The molecule has 0 saturated carbocycles. The molecule has 1 atom stereocenters. The van der Waals surface area contributed by atoms with E-state index in [4.69, 9.17) is 0 Å². The van der Waals surface area contributed by atoms with Gasteiger partial charge in [0.25, 0.3) is 5.91 Å². The molecule has 0 aromatic rings. The lowest BCUT2D eigenvalue weighted by Crippen LogP contribution is -2.48. The Morgan fingerprint density at radius 1 is 1.40 bits per heavy atom. The quantitative estimate of drug-likeness (QED) is 0.603. The highest BCUT2D eigenvalue weighted by Gasteiger charge is 2.29. The molecule has 1 unspecified atom stereocenters. The molecular formula is C9H17F3N2O4S2. The summed E-state index contributed by atoms with van der Waals surface area (Å²) < 4.78 is 60.4. The first kappa shape index (κ1) is 19.5. The molecule has 2 N–H and O–H groups in total. The van der Waals surface area contributed by atoms with E-state index in [-0.39, 0.29) is 12.2 Å². The first-order chi connectivity index (χ1) is 9.11. The summed E-state index contributed by atoms with van der Waals surface area (Å²) >= 11 is 1.37. The molecule has 0 aliphatic heterocycles. The molecule has 0 aromatic carbocycles. The van der Waals surface area contributed by atoms with Crippen LogP contribution < -0.4 is 10.2 Å². The van der Waals surface area contributed by atoms with Crippen molar-refractivity contribution in [1.82, 2.24) is 10.2 Å². The molecule has 0 aromatic heterocycles. The van der Waals surface area contributed by atoms with Gasteiger partial charge in [0.05, 0.1) is 5.75 Å². The monoisotopic (exact) mass is 338 g/mol. The number of sulfonamides is 1. The molecule has 0 bridgehead atoms. The smallest absolute Gasteiger partial charge is 0.271 e. The number of carbonyl (C=O) groups is 1. The van der Waals surface area contributed by atoms with Gasteiger partial charge in [0.2, 0.25) is 10.0 Å². The lowest BCUT2D eigenvalue weighted by molar-refractivity contribution is -0.192. The second-order valence-electron chi connectivity index (χ2n) is 3.73. The van der Waals surface area contributed by atoms with Gasteiger partial charge in [-0.2, -0.15) is 24.9 Å². The molecule has 0 heterocycles. The molecule has 0 aliphatic rings. The number of hydrogen-bond donors (Lipinski definition) is 2. The maximum absolute atomic E-state index is 11.8. The number of hydrogen-bond acceptors (Lipinski definition) is 5. The van der Waals surface area contributed by atoms with Crippen LogP contribution in [0.2, 0.25) is 0 Å². The fraction of sp³-hybridized carbons (Fsp3) is 0.889. The highest BCUT2D eigenvalue weighted by molar-refractivity contribution is 7.98. The van der Waals surface area contributed by atoms with Crippen molar-refractivity contribution in [2.45, 2.75) is 25.6 Å². The number of rotatable bonds is 9. The summed E-state index contributed by atoms with van der Waals surface area (Å²) in [5.41, 5.74) is 1.60. The van der Waals surface area contributed by atoms with Gasteiger partial charge < -0.3 is 0 Å². The lowest BCUT2D eigenvalue weighted by atomic mass is 10.2. The molecule has 11 heteroatoms. The minimum Gasteiger partial charge on any atom is -0.271 e. The normalized spacial score (nSPS) is 14.1. The van der Waals surface area contributed by atoms with Crippen molar-refractivity contribution in [2.24, 2.45) is 0 Å². The van der Waals surface area contributed by atoms with Crippen molar-refractivity contribution < 1.29 is 31.2 Å². The Morgan fingerprint density at radius 3 is 2.45 bits per heavy atom. The molecule has 0 saturated heterocycles. The van der Waals surface area contributed by atoms with Crippen molar-refractivity contribution in [3.63, 3.8) is 0 Å². The second kappa shape index (κ2) is 8.70. The van der Waals surface area contributed by atoms with Crippen LogP contribution in [0.3, 0.4) is 0 Å². The summed E-state index contributed by atoms with van der Waals surface area (Å²) in [5, 5.41) is 0. The zero-order valence-corrected chi connectivity index (χ0v) is 12.6. The maximum atomic E-state index is 11.8. The van der Waals surface area contributed by atoms with Crippen LogP contribution in [0.5, 0.6) is 0 Å². The highest BCUT2D eigenvalue weighted by Crippen LogP contribution is 2.13. The van der Waals surface area contributed by atoms with Gasteiger partial charge in [-0.3, -0.25) is 9.63 Å². The minimum atomic E-state index is -4.58. The topological polar surface area (TPSA) is 84.5 Å². The van der Waals surface area contributed by atoms with Crippen LogP contribution in [0.15, 0.2) is 0 Å². The average molecular weight is 338 g/mol. The van der Waals surface area contributed by atoms with Gasteiger partial charge in [-0.15, -0.1) is 0 Å². The summed E-state index contributed by atoms with van der Waals surface area (Å²) in [6.07, 6.45) is -2.68. The molecule has 0 aliphatic carbocycles. The van der Waals surface area contributed by atoms with Crippen LogP contribution in [0.1, 0.15) is 13.3 Å². The Bertz CT molecular complexity index is 400. The number of halogens is 3. The Kier molecular flexibility index (Phi) is 8.47. The number of thioether (sulfide) groups is 1. The van der Waals surface area contributed by atoms with E-state index in [9.17, 15) is 26.4 Å². The third-order valence-electron chi connectivity index (χ3n) is 2.04. The third-order valence-corrected chi connectivity index (χ3v) is 4.09. The summed E-state index contributed by atoms with van der Waals surface area (Å²) in [5.74, 6) is -0.733. The van der Waals surface area contributed by atoms with Crippen molar-refractivity contribution >= 4 is 27.7 Å². The number of nitrogens with one attached hydrogen (secondary N) is 2. The van der Waals surface area contributed by atoms with E-state index in [1.165, 1.54) is 18.7 Å². The van der Waals surface area contributed by atoms with Gasteiger partial charge in [0.1, 0.15) is 6.04 Å². The molecule has 1 amide bonds. The van der Waals surface area contributed by atoms with Gasteiger partial charge in [-0.25, -0.2) is 18.6 Å². The summed E-state index contributed by atoms with van der Waals surface area (Å²) in [7, 11) is -3.65. The second-order valence-corrected chi connectivity index (χ2v) is 6.75. The molecule has 20 heavy (non-hydrogen) atoms. The SMILES string of the molecule is CCS(=O)(=O)NC(CCSC)C(=O)NOCC(F)(F)F. The third kappa shape index (κ3) is 9.39. The Balaban J connectivity index is 4.49. The minimum absolute atomic E-state index is 0.140. The van der Waals surface area contributed by atoms with Crippen LogP contribution in [-0.4, -0.2) is 50.9 Å². The van der Waals surface area contributed by atoms with Gasteiger partial charge >= 0.3 is 6.18 Å². The molecule has 6 nitrogen and oxygen atoms in total. The molecular weight excluding hydrogens is 321 g/mol. The van der Waals surface area contributed by atoms with E-state index >= 15 is 0 Å². The largest absolute Gasteiger partial charge is 0.414 e. The van der Waals surface area contributed by atoms with Gasteiger partial charge in [0.15, 0.2) is 6.61 Å². The van der Waals surface area contributed by atoms with Gasteiger partial charge in [-0.05, 0) is 25.4 Å². The number of alkyl halides is 3. The van der Waals surface area contributed by atoms with Crippen LogP contribution in [0, 0.1) is 0 Å². The predicted molar refractivity (Wildman–Crippen MR) is 69.5 cm³/mol. The van der Waals surface area contributed by atoms with Crippen molar-refractivity contribution in [2.75, 3.05) is 24.4 Å². The average Bonchev–Trinajstić information content (AvgIpc) is 2.32. The molecule has 0 fully saturated rings. The zero-order chi connectivity index (χ0) is 15.8.